The van der Waals surface area contributed by atoms with Crippen molar-refractivity contribution in [1.82, 2.24) is 0 Å². The van der Waals surface area contributed by atoms with Crippen LogP contribution in [0.5, 0.6) is 0 Å². The van der Waals surface area contributed by atoms with Gasteiger partial charge in [-0.25, -0.2) is 0 Å². The van der Waals surface area contributed by atoms with E-state index in [4.69, 9.17) is 10.6 Å². The molecule has 1 aliphatic heterocycles. The predicted octanol–water partition coefficient (Wildman–Crippen LogP) is 1.20. The van der Waals surface area contributed by atoms with E-state index in [-0.39, 0.29) is 17.4 Å². The Bertz CT molecular complexity index is 278. The summed E-state index contributed by atoms with van der Waals surface area (Å²) in [4.78, 5) is 16.4. The zero-order valence-electron chi connectivity index (χ0n) is 8.45. The Labute approximate surface area is 83.5 Å². The Morgan fingerprint density at radius 2 is 2.21 bits per heavy atom. The number of hydrogen-bond acceptors (Lipinski definition) is 3. The van der Waals surface area contributed by atoms with E-state index >= 15 is 0 Å². The van der Waals surface area contributed by atoms with Gasteiger partial charge in [-0.3, -0.25) is 4.79 Å². The maximum absolute atomic E-state index is 11.0. The molecule has 2 rings (SSSR count). The molecule has 0 atom stereocenters. The third-order valence-corrected chi connectivity index (χ3v) is 3.27. The molecule has 1 heterocycles. The average molecular weight is 196 g/mol. The van der Waals surface area contributed by atoms with E-state index in [1.165, 1.54) is 0 Å². The Kier molecular flexibility index (Phi) is 2.21. The minimum Gasteiger partial charge on any atom is -0.389 e. The molecule has 1 spiro atoms. The van der Waals surface area contributed by atoms with Gasteiger partial charge in [0.15, 0.2) is 0 Å². The van der Waals surface area contributed by atoms with E-state index in [2.05, 4.69) is 5.16 Å². The number of primary amides is 1. The van der Waals surface area contributed by atoms with E-state index in [1.807, 2.05) is 6.92 Å². The van der Waals surface area contributed by atoms with E-state index in [0.29, 0.717) is 0 Å². The summed E-state index contributed by atoms with van der Waals surface area (Å²) in [5.41, 5.74) is 6.23. The van der Waals surface area contributed by atoms with Crippen LogP contribution in [0.15, 0.2) is 5.16 Å². The maximum Gasteiger partial charge on any atom is 0.220 e. The van der Waals surface area contributed by atoms with Gasteiger partial charge in [0.1, 0.15) is 5.60 Å². The molecule has 1 amide bonds. The van der Waals surface area contributed by atoms with Crippen LogP contribution in [-0.4, -0.2) is 17.2 Å². The first-order valence-electron chi connectivity index (χ1n) is 5.12. The molecule has 0 aromatic rings. The van der Waals surface area contributed by atoms with Crippen LogP contribution in [0.4, 0.5) is 0 Å². The number of nitrogens with zero attached hydrogens (tertiary/aromatic N) is 1. The molecular formula is C10H16N2O2. The van der Waals surface area contributed by atoms with Crippen LogP contribution in [0.1, 0.15) is 39.0 Å². The highest BCUT2D eigenvalue weighted by Gasteiger charge is 2.42. The van der Waals surface area contributed by atoms with Gasteiger partial charge in [-0.2, -0.15) is 0 Å². The summed E-state index contributed by atoms with van der Waals surface area (Å²) < 4.78 is 0. The fourth-order valence-electron chi connectivity index (χ4n) is 2.40. The van der Waals surface area contributed by atoms with Crippen molar-refractivity contribution >= 4 is 11.6 Å². The van der Waals surface area contributed by atoms with Crippen molar-refractivity contribution in [2.24, 2.45) is 16.8 Å². The molecule has 78 valence electrons. The molecule has 1 aliphatic carbocycles. The summed E-state index contributed by atoms with van der Waals surface area (Å²) in [6.45, 7) is 1.98. The Hall–Kier alpha value is -1.06. The second-order valence-corrected chi connectivity index (χ2v) is 4.45. The summed E-state index contributed by atoms with van der Waals surface area (Å²) in [7, 11) is 0. The number of carbonyl (C=O) groups excluding carboxylic acids is 1. The number of carbonyl (C=O) groups is 1. The molecule has 0 aromatic heterocycles. The van der Waals surface area contributed by atoms with Crippen molar-refractivity contribution in [2.45, 2.75) is 44.6 Å². The third kappa shape index (κ3) is 1.61. The minimum atomic E-state index is -0.171. The molecule has 1 fully saturated rings. The van der Waals surface area contributed by atoms with Gasteiger partial charge in [0.05, 0.1) is 5.71 Å². The smallest absolute Gasteiger partial charge is 0.220 e. The summed E-state index contributed by atoms with van der Waals surface area (Å²) in [6.07, 6.45) is 4.41. The lowest BCUT2D eigenvalue weighted by Crippen LogP contribution is -2.38. The average Bonchev–Trinajstić information content (AvgIpc) is 2.48. The zero-order chi connectivity index (χ0) is 10.2. The van der Waals surface area contributed by atoms with Crippen LogP contribution in [0.3, 0.4) is 0 Å². The number of rotatable bonds is 1. The fourth-order valence-corrected chi connectivity index (χ4v) is 2.40. The molecule has 0 bridgehead atoms. The Morgan fingerprint density at radius 3 is 2.64 bits per heavy atom. The van der Waals surface area contributed by atoms with Crippen LogP contribution in [0.2, 0.25) is 0 Å². The van der Waals surface area contributed by atoms with Gasteiger partial charge in [0.25, 0.3) is 0 Å². The van der Waals surface area contributed by atoms with Crippen LogP contribution in [0, 0.1) is 5.92 Å². The first-order valence-corrected chi connectivity index (χ1v) is 5.12. The van der Waals surface area contributed by atoms with Crippen molar-refractivity contribution in [1.29, 1.82) is 0 Å². The number of hydrogen-bond donors (Lipinski definition) is 1. The normalized spacial score (nSPS) is 36.6. The monoisotopic (exact) mass is 196 g/mol. The molecule has 0 aromatic carbocycles. The van der Waals surface area contributed by atoms with Gasteiger partial charge in [-0.05, 0) is 32.6 Å². The maximum atomic E-state index is 11.0. The first-order chi connectivity index (χ1) is 6.61. The minimum absolute atomic E-state index is 0.0464. The highest BCUT2D eigenvalue weighted by Crippen LogP contribution is 2.40. The first kappa shape index (κ1) is 9.49. The third-order valence-electron chi connectivity index (χ3n) is 3.27. The van der Waals surface area contributed by atoms with Gasteiger partial charge in [-0.15, -0.1) is 0 Å². The van der Waals surface area contributed by atoms with Crippen molar-refractivity contribution in [3.63, 3.8) is 0 Å². The largest absolute Gasteiger partial charge is 0.389 e. The lowest BCUT2D eigenvalue weighted by molar-refractivity contribution is -0.125. The van der Waals surface area contributed by atoms with Crippen LogP contribution in [0.25, 0.3) is 0 Å². The van der Waals surface area contributed by atoms with E-state index in [0.717, 1.165) is 37.8 Å². The van der Waals surface area contributed by atoms with Gasteiger partial charge in [-0.1, -0.05) is 5.16 Å². The number of amides is 1. The molecular weight excluding hydrogens is 180 g/mol. The molecule has 2 aliphatic rings. The quantitative estimate of drug-likeness (QED) is 0.684. The fraction of sp³-hybridized carbons (Fsp3) is 0.800. The second-order valence-electron chi connectivity index (χ2n) is 4.45. The summed E-state index contributed by atoms with van der Waals surface area (Å²) in [5.74, 6) is -0.124. The predicted molar refractivity (Wildman–Crippen MR) is 52.7 cm³/mol. The van der Waals surface area contributed by atoms with Crippen molar-refractivity contribution in [3.8, 4) is 0 Å². The molecule has 0 unspecified atom stereocenters. The second kappa shape index (κ2) is 3.26. The van der Waals surface area contributed by atoms with Gasteiger partial charge in [0, 0.05) is 12.3 Å². The van der Waals surface area contributed by atoms with E-state index in [1.54, 1.807) is 0 Å². The van der Waals surface area contributed by atoms with E-state index in [9.17, 15) is 4.79 Å². The van der Waals surface area contributed by atoms with Gasteiger partial charge < -0.3 is 10.6 Å². The highest BCUT2D eigenvalue weighted by molar-refractivity contribution is 5.83. The van der Waals surface area contributed by atoms with Crippen LogP contribution < -0.4 is 5.73 Å². The molecule has 4 heteroatoms. The van der Waals surface area contributed by atoms with Crippen molar-refractivity contribution < 1.29 is 9.63 Å². The lowest BCUT2D eigenvalue weighted by Gasteiger charge is -2.33. The molecule has 0 radical (unpaired) electrons. The van der Waals surface area contributed by atoms with Gasteiger partial charge >= 0.3 is 0 Å². The van der Waals surface area contributed by atoms with Crippen LogP contribution in [-0.2, 0) is 9.63 Å². The summed E-state index contributed by atoms with van der Waals surface area (Å²) >= 11 is 0. The zero-order valence-corrected chi connectivity index (χ0v) is 8.45. The van der Waals surface area contributed by atoms with Crippen LogP contribution >= 0.6 is 0 Å². The SMILES string of the molecule is CC1=NOC2(CCC(C(N)=O)CC2)C1. The Balaban J connectivity index is 1.94. The topological polar surface area (TPSA) is 64.7 Å². The molecule has 2 N–H and O–H groups in total. The van der Waals surface area contributed by atoms with Crippen molar-refractivity contribution in [3.05, 3.63) is 0 Å². The molecule has 1 saturated carbocycles. The number of nitrogens with two attached hydrogens (primary N) is 1. The molecule has 4 nitrogen and oxygen atoms in total. The molecule has 14 heavy (non-hydrogen) atoms. The molecule has 0 saturated heterocycles. The van der Waals surface area contributed by atoms with E-state index < -0.39 is 0 Å². The highest BCUT2D eigenvalue weighted by atomic mass is 16.7. The van der Waals surface area contributed by atoms with Gasteiger partial charge in [0.2, 0.25) is 5.91 Å². The van der Waals surface area contributed by atoms with Crippen molar-refractivity contribution in [2.75, 3.05) is 0 Å². The lowest BCUT2D eigenvalue weighted by atomic mass is 9.76. The summed E-state index contributed by atoms with van der Waals surface area (Å²) in [6, 6.07) is 0. The summed E-state index contributed by atoms with van der Waals surface area (Å²) in [5, 5.41) is 3.98. The standard InChI is InChI=1S/C10H16N2O2/c1-7-6-10(14-12-7)4-2-8(3-5-10)9(11)13/h8H,2-6H2,1H3,(H2,11,13). The Morgan fingerprint density at radius 1 is 1.57 bits per heavy atom. The number of oxime groups is 1.